The van der Waals surface area contributed by atoms with Crippen LogP contribution in [0, 0.1) is 0 Å². The molecule has 0 saturated carbocycles. The lowest BCUT2D eigenvalue weighted by molar-refractivity contribution is -0.140. The van der Waals surface area contributed by atoms with E-state index in [-0.39, 0.29) is 17.4 Å². The fourth-order valence-electron chi connectivity index (χ4n) is 4.26. The molecule has 162 valence electrons. The van der Waals surface area contributed by atoms with Crippen LogP contribution in [0.1, 0.15) is 42.5 Å². The number of ether oxygens (including phenoxy) is 2. The minimum Gasteiger partial charge on any atom is -0.507 e. The molecule has 2 aromatic rings. The van der Waals surface area contributed by atoms with Gasteiger partial charge in [-0.3, -0.25) is 9.59 Å². The Hall–Kier alpha value is -3.12. The smallest absolute Gasteiger partial charge is 0.295 e. The number of aryl methyl sites for hydroxylation is 1. The van der Waals surface area contributed by atoms with Crippen molar-refractivity contribution in [2.45, 2.75) is 38.3 Å². The lowest BCUT2D eigenvalue weighted by Crippen LogP contribution is -2.36. The number of likely N-dealkylation sites (tertiary alicyclic amines) is 1. The second-order valence-electron chi connectivity index (χ2n) is 7.91. The molecule has 0 radical (unpaired) electrons. The third-order valence-electron chi connectivity index (χ3n) is 6.03. The molecule has 4 rings (SSSR count). The fourth-order valence-corrected chi connectivity index (χ4v) is 4.26. The van der Waals surface area contributed by atoms with Crippen LogP contribution in [0.25, 0.3) is 5.76 Å². The predicted molar refractivity (Wildman–Crippen MR) is 117 cm³/mol. The summed E-state index contributed by atoms with van der Waals surface area (Å²) in [6, 6.07) is 14.0. The Morgan fingerprint density at radius 3 is 2.42 bits per heavy atom. The molecule has 31 heavy (non-hydrogen) atoms. The molecule has 0 aliphatic carbocycles. The van der Waals surface area contributed by atoms with Gasteiger partial charge in [0.1, 0.15) is 11.5 Å². The van der Waals surface area contributed by atoms with E-state index in [9.17, 15) is 14.7 Å². The molecule has 2 aromatic carbocycles. The molecule has 0 bridgehead atoms. The zero-order chi connectivity index (χ0) is 22.0. The van der Waals surface area contributed by atoms with E-state index >= 15 is 0 Å². The summed E-state index contributed by atoms with van der Waals surface area (Å²) >= 11 is 0. The van der Waals surface area contributed by atoms with Crippen molar-refractivity contribution in [2.75, 3.05) is 20.3 Å². The van der Waals surface area contributed by atoms with Crippen LogP contribution < -0.4 is 4.74 Å². The highest BCUT2D eigenvalue weighted by Gasteiger charge is 2.47. The summed E-state index contributed by atoms with van der Waals surface area (Å²) in [4.78, 5) is 27.6. The van der Waals surface area contributed by atoms with Gasteiger partial charge in [0.25, 0.3) is 11.7 Å². The summed E-state index contributed by atoms with van der Waals surface area (Å²) in [6.07, 6.45) is 2.58. The number of carbonyl (C=O) groups excluding carboxylic acids is 2. The number of ketones is 1. The molecule has 0 unspecified atom stereocenters. The van der Waals surface area contributed by atoms with Crippen molar-refractivity contribution in [3.05, 3.63) is 70.8 Å². The van der Waals surface area contributed by atoms with Crippen LogP contribution in [0.3, 0.4) is 0 Å². The maximum atomic E-state index is 13.1. The van der Waals surface area contributed by atoms with Gasteiger partial charge in [0.15, 0.2) is 0 Å². The number of nitrogens with zero attached hydrogens (tertiary/aromatic N) is 1. The van der Waals surface area contributed by atoms with E-state index in [4.69, 9.17) is 9.47 Å². The second kappa shape index (κ2) is 8.94. The number of aliphatic hydroxyl groups excluding tert-OH is 1. The van der Waals surface area contributed by atoms with Gasteiger partial charge in [0, 0.05) is 18.7 Å². The molecular formula is C25H27NO5. The van der Waals surface area contributed by atoms with E-state index in [1.54, 1.807) is 36.3 Å². The monoisotopic (exact) mass is 421 g/mol. The maximum absolute atomic E-state index is 13.1. The van der Waals surface area contributed by atoms with Gasteiger partial charge >= 0.3 is 0 Å². The van der Waals surface area contributed by atoms with Crippen molar-refractivity contribution in [1.29, 1.82) is 0 Å². The molecule has 2 atom stereocenters. The first-order valence-electron chi connectivity index (χ1n) is 10.7. The largest absolute Gasteiger partial charge is 0.507 e. The molecule has 1 amide bonds. The van der Waals surface area contributed by atoms with Crippen molar-refractivity contribution >= 4 is 17.4 Å². The summed E-state index contributed by atoms with van der Waals surface area (Å²) in [7, 11) is 1.56. The fraction of sp³-hybridized carbons (Fsp3) is 0.360. The Labute approximate surface area is 182 Å². The number of benzene rings is 2. The Balaban J connectivity index is 1.79. The van der Waals surface area contributed by atoms with Crippen LogP contribution in [0.4, 0.5) is 0 Å². The molecule has 2 saturated heterocycles. The van der Waals surface area contributed by atoms with Gasteiger partial charge < -0.3 is 19.5 Å². The quantitative estimate of drug-likeness (QED) is 0.436. The highest BCUT2D eigenvalue weighted by molar-refractivity contribution is 6.46. The van der Waals surface area contributed by atoms with E-state index < -0.39 is 17.7 Å². The SMILES string of the molecule is CCc1ccc([C@@H]2/C(=C(\O)c3ccc(OC)cc3)C(=O)C(=O)N2C[C@H]2CCCO2)cc1. The lowest BCUT2D eigenvalue weighted by Gasteiger charge is -2.27. The van der Waals surface area contributed by atoms with Gasteiger partial charge in [0.2, 0.25) is 0 Å². The average Bonchev–Trinajstić information content (AvgIpc) is 3.41. The molecule has 6 nitrogen and oxygen atoms in total. The number of carbonyl (C=O) groups is 2. The second-order valence-corrected chi connectivity index (χ2v) is 7.91. The molecule has 2 heterocycles. The van der Waals surface area contributed by atoms with Crippen LogP contribution in [0.2, 0.25) is 0 Å². The molecular weight excluding hydrogens is 394 g/mol. The summed E-state index contributed by atoms with van der Waals surface area (Å²) in [5, 5.41) is 11.1. The van der Waals surface area contributed by atoms with Gasteiger partial charge in [-0.15, -0.1) is 0 Å². The topological polar surface area (TPSA) is 76.1 Å². The van der Waals surface area contributed by atoms with E-state index in [0.29, 0.717) is 24.5 Å². The van der Waals surface area contributed by atoms with Crippen LogP contribution >= 0.6 is 0 Å². The zero-order valence-electron chi connectivity index (χ0n) is 17.8. The van der Waals surface area contributed by atoms with Crippen LogP contribution in [-0.2, 0) is 20.7 Å². The minimum atomic E-state index is -0.670. The zero-order valence-corrected chi connectivity index (χ0v) is 17.8. The predicted octanol–water partition coefficient (Wildman–Crippen LogP) is 3.86. The first kappa shape index (κ1) is 21.1. The standard InChI is InChI=1S/C25H27NO5/c1-3-16-6-8-17(9-7-16)22-21(23(27)18-10-12-19(30-2)13-11-18)24(28)25(29)26(22)15-20-5-4-14-31-20/h6-13,20,22,27H,3-5,14-15H2,1-2H3/b23-21+/t20-,22-/m1/s1. The number of aliphatic hydroxyl groups is 1. The molecule has 0 spiro atoms. The van der Waals surface area contributed by atoms with E-state index in [1.165, 1.54) is 0 Å². The van der Waals surface area contributed by atoms with Crippen molar-refractivity contribution in [2.24, 2.45) is 0 Å². The first-order valence-corrected chi connectivity index (χ1v) is 10.7. The van der Waals surface area contributed by atoms with Crippen LogP contribution in [0.5, 0.6) is 5.75 Å². The van der Waals surface area contributed by atoms with Crippen molar-refractivity contribution in [3.63, 3.8) is 0 Å². The number of rotatable bonds is 6. The number of hydrogen-bond acceptors (Lipinski definition) is 5. The Morgan fingerprint density at radius 1 is 1.13 bits per heavy atom. The van der Waals surface area contributed by atoms with Gasteiger partial charge in [0.05, 0.1) is 24.8 Å². The van der Waals surface area contributed by atoms with Crippen molar-refractivity contribution < 1.29 is 24.2 Å². The molecule has 6 heteroatoms. The van der Waals surface area contributed by atoms with E-state index in [1.807, 2.05) is 24.3 Å². The summed E-state index contributed by atoms with van der Waals surface area (Å²) < 4.78 is 10.9. The van der Waals surface area contributed by atoms with E-state index in [2.05, 4.69) is 6.92 Å². The van der Waals surface area contributed by atoms with Gasteiger partial charge in [-0.05, 0) is 54.7 Å². The molecule has 0 aromatic heterocycles. The molecule has 2 aliphatic rings. The van der Waals surface area contributed by atoms with Gasteiger partial charge in [-0.1, -0.05) is 31.2 Å². The van der Waals surface area contributed by atoms with Crippen molar-refractivity contribution in [1.82, 2.24) is 4.90 Å². The van der Waals surface area contributed by atoms with Gasteiger partial charge in [-0.2, -0.15) is 0 Å². The average molecular weight is 421 g/mol. The maximum Gasteiger partial charge on any atom is 0.295 e. The number of amides is 1. The molecule has 1 N–H and O–H groups in total. The van der Waals surface area contributed by atoms with Crippen LogP contribution in [-0.4, -0.2) is 48.1 Å². The van der Waals surface area contributed by atoms with Crippen molar-refractivity contribution in [3.8, 4) is 5.75 Å². The summed E-state index contributed by atoms with van der Waals surface area (Å²) in [5.41, 5.74) is 2.53. The minimum absolute atomic E-state index is 0.100. The Bertz CT molecular complexity index is 988. The first-order chi connectivity index (χ1) is 15.0. The highest BCUT2D eigenvalue weighted by atomic mass is 16.5. The summed E-state index contributed by atoms with van der Waals surface area (Å²) in [6.45, 7) is 3.06. The van der Waals surface area contributed by atoms with E-state index in [0.717, 1.165) is 30.4 Å². The highest BCUT2D eigenvalue weighted by Crippen LogP contribution is 2.40. The molecule has 2 aliphatic heterocycles. The Kier molecular flexibility index (Phi) is 6.09. The summed E-state index contributed by atoms with van der Waals surface area (Å²) in [5.74, 6) is -0.812. The number of Topliss-reactive ketones (excluding diaryl/α,β-unsaturated/α-hetero) is 1. The Morgan fingerprint density at radius 2 is 1.84 bits per heavy atom. The normalized spacial score (nSPS) is 22.8. The third-order valence-corrected chi connectivity index (χ3v) is 6.03. The van der Waals surface area contributed by atoms with Gasteiger partial charge in [-0.25, -0.2) is 0 Å². The number of hydrogen-bond donors (Lipinski definition) is 1. The third kappa shape index (κ3) is 4.08. The number of methoxy groups -OCH3 is 1. The molecule has 2 fully saturated rings. The van der Waals surface area contributed by atoms with Crippen LogP contribution in [0.15, 0.2) is 54.1 Å². The lowest BCUT2D eigenvalue weighted by atomic mass is 9.94.